The van der Waals surface area contributed by atoms with E-state index in [0.717, 1.165) is 17.1 Å². The van der Waals surface area contributed by atoms with E-state index in [1.165, 1.54) is 99.1 Å². The number of para-hydroxylation sites is 2. The van der Waals surface area contributed by atoms with Crippen LogP contribution in [0.5, 0.6) is 0 Å². The minimum Gasteiger partial charge on any atom is -0.311 e. The van der Waals surface area contributed by atoms with Crippen LogP contribution in [0.25, 0.3) is 76.8 Å². The maximum absolute atomic E-state index is 2.57. The first-order valence-corrected chi connectivity index (χ1v) is 21.6. The summed E-state index contributed by atoms with van der Waals surface area (Å²) in [6.07, 6.45) is 0. The standard InChI is InChI=1S/C60H45N/c1-59(2)50-29-17-15-27-47(50)56-52(59)36-35-46-49(37-53-57(58(46)56)48-28-16-18-30-51(48)60(53,3)4)55-44-25-13-11-23-42(44)54(43-24-12-14-26-45(43)55)38-31-33-41(34-32-38)61(39-19-7-5-8-20-39)40-21-9-6-10-22-40/h5-37H,1-4H3. The molecule has 0 aliphatic heterocycles. The van der Waals surface area contributed by atoms with E-state index in [2.05, 4.69) is 233 Å². The molecule has 0 saturated carbocycles. The first kappa shape index (κ1) is 35.7. The van der Waals surface area contributed by atoms with Crippen LogP contribution in [0.15, 0.2) is 200 Å². The van der Waals surface area contributed by atoms with Crippen LogP contribution >= 0.6 is 0 Å². The molecule has 0 atom stereocenters. The fraction of sp³-hybridized carbons (Fsp3) is 0.100. The van der Waals surface area contributed by atoms with Gasteiger partial charge in [-0.05, 0) is 142 Å². The molecule has 61 heavy (non-hydrogen) atoms. The van der Waals surface area contributed by atoms with Gasteiger partial charge in [0.1, 0.15) is 0 Å². The molecule has 10 aromatic carbocycles. The van der Waals surface area contributed by atoms with Gasteiger partial charge in [0.2, 0.25) is 0 Å². The molecule has 0 bridgehead atoms. The van der Waals surface area contributed by atoms with E-state index < -0.39 is 0 Å². The Kier molecular flexibility index (Phi) is 7.69. The molecule has 10 aromatic rings. The first-order valence-electron chi connectivity index (χ1n) is 21.6. The third-order valence-corrected chi connectivity index (χ3v) is 14.0. The number of hydrogen-bond acceptors (Lipinski definition) is 1. The van der Waals surface area contributed by atoms with Crippen molar-refractivity contribution >= 4 is 49.4 Å². The van der Waals surface area contributed by atoms with Crippen LogP contribution in [0.4, 0.5) is 17.1 Å². The van der Waals surface area contributed by atoms with Crippen molar-refractivity contribution in [1.82, 2.24) is 0 Å². The second-order valence-corrected chi connectivity index (χ2v) is 18.0. The zero-order valence-electron chi connectivity index (χ0n) is 35.0. The van der Waals surface area contributed by atoms with Crippen LogP contribution in [0.2, 0.25) is 0 Å². The van der Waals surface area contributed by atoms with Crippen molar-refractivity contribution in [2.45, 2.75) is 38.5 Å². The second-order valence-electron chi connectivity index (χ2n) is 18.0. The fourth-order valence-electron chi connectivity index (χ4n) is 11.2. The quantitative estimate of drug-likeness (QED) is 0.157. The summed E-state index contributed by atoms with van der Waals surface area (Å²) in [6.45, 7) is 9.65. The van der Waals surface area contributed by atoms with Gasteiger partial charge in [0.25, 0.3) is 0 Å². The lowest BCUT2D eigenvalue weighted by molar-refractivity contribution is 0.660. The highest BCUT2D eigenvalue weighted by atomic mass is 15.1. The van der Waals surface area contributed by atoms with Crippen LogP contribution in [0, 0.1) is 0 Å². The largest absolute Gasteiger partial charge is 0.311 e. The third kappa shape index (κ3) is 5.07. The average molecular weight is 780 g/mol. The zero-order valence-corrected chi connectivity index (χ0v) is 35.0. The Morgan fingerprint density at radius 3 is 1.26 bits per heavy atom. The highest BCUT2D eigenvalue weighted by Gasteiger charge is 2.42. The van der Waals surface area contributed by atoms with E-state index in [4.69, 9.17) is 0 Å². The molecule has 0 unspecified atom stereocenters. The minimum absolute atomic E-state index is 0.105. The van der Waals surface area contributed by atoms with Gasteiger partial charge in [-0.2, -0.15) is 0 Å². The molecular weight excluding hydrogens is 735 g/mol. The Balaban J connectivity index is 1.14. The predicted molar refractivity (Wildman–Crippen MR) is 260 cm³/mol. The van der Waals surface area contributed by atoms with Crippen LogP contribution in [0.1, 0.15) is 49.9 Å². The third-order valence-electron chi connectivity index (χ3n) is 14.0. The van der Waals surface area contributed by atoms with Crippen molar-refractivity contribution in [3.63, 3.8) is 0 Å². The van der Waals surface area contributed by atoms with Gasteiger partial charge in [0, 0.05) is 27.9 Å². The summed E-state index contributed by atoms with van der Waals surface area (Å²) in [6, 6.07) is 74.4. The van der Waals surface area contributed by atoms with Gasteiger partial charge in [-0.15, -0.1) is 0 Å². The van der Waals surface area contributed by atoms with Crippen molar-refractivity contribution in [3.8, 4) is 44.5 Å². The van der Waals surface area contributed by atoms with E-state index in [9.17, 15) is 0 Å². The number of benzene rings is 10. The topological polar surface area (TPSA) is 3.24 Å². The van der Waals surface area contributed by atoms with Crippen molar-refractivity contribution in [2.24, 2.45) is 0 Å². The van der Waals surface area contributed by atoms with Gasteiger partial charge in [-0.3, -0.25) is 0 Å². The summed E-state index contributed by atoms with van der Waals surface area (Å²) >= 11 is 0. The summed E-state index contributed by atoms with van der Waals surface area (Å²) in [4.78, 5) is 2.33. The van der Waals surface area contributed by atoms with Crippen LogP contribution in [-0.4, -0.2) is 0 Å². The van der Waals surface area contributed by atoms with E-state index in [1.54, 1.807) is 0 Å². The summed E-state index contributed by atoms with van der Waals surface area (Å²) in [5.74, 6) is 0. The molecule has 0 fully saturated rings. The molecule has 0 radical (unpaired) electrons. The molecule has 0 spiro atoms. The number of rotatable bonds is 5. The van der Waals surface area contributed by atoms with Gasteiger partial charge >= 0.3 is 0 Å². The molecule has 0 N–H and O–H groups in total. The molecular formula is C60H45N. The fourth-order valence-corrected chi connectivity index (χ4v) is 11.2. The summed E-state index contributed by atoms with van der Waals surface area (Å²) < 4.78 is 0. The van der Waals surface area contributed by atoms with Gasteiger partial charge in [0.05, 0.1) is 0 Å². The van der Waals surface area contributed by atoms with Crippen molar-refractivity contribution in [1.29, 1.82) is 0 Å². The van der Waals surface area contributed by atoms with E-state index in [0.29, 0.717) is 0 Å². The van der Waals surface area contributed by atoms with Crippen molar-refractivity contribution in [2.75, 3.05) is 4.90 Å². The Hall–Kier alpha value is -7.22. The van der Waals surface area contributed by atoms with Crippen LogP contribution in [-0.2, 0) is 10.8 Å². The lowest BCUT2D eigenvalue weighted by atomic mass is 9.77. The summed E-state index contributed by atoms with van der Waals surface area (Å²) in [5.41, 5.74) is 19.3. The maximum atomic E-state index is 2.57. The molecule has 0 amide bonds. The number of fused-ring (bicyclic) bond motifs is 11. The highest BCUT2D eigenvalue weighted by molar-refractivity contribution is 6.26. The van der Waals surface area contributed by atoms with Gasteiger partial charge in [0.15, 0.2) is 0 Å². The average Bonchev–Trinajstić information content (AvgIpc) is 3.68. The monoisotopic (exact) mass is 779 g/mol. The SMILES string of the molecule is CC1(C)c2ccccc2-c2c1ccc1c(-c3c4ccccc4c(-c4ccc(N(c5ccccc5)c5ccccc5)cc4)c4ccccc34)cc3c(c21)-c1ccccc1C3(C)C. The molecule has 1 nitrogen and oxygen atoms in total. The first-order chi connectivity index (χ1) is 29.8. The molecule has 2 aliphatic carbocycles. The van der Waals surface area contributed by atoms with Gasteiger partial charge in [-0.25, -0.2) is 0 Å². The zero-order chi connectivity index (χ0) is 41.0. The summed E-state index contributed by atoms with van der Waals surface area (Å²) in [5, 5.41) is 7.76. The van der Waals surface area contributed by atoms with Crippen molar-refractivity contribution in [3.05, 3.63) is 222 Å². The number of anilines is 3. The van der Waals surface area contributed by atoms with Gasteiger partial charge < -0.3 is 4.90 Å². The Morgan fingerprint density at radius 2 is 0.721 bits per heavy atom. The maximum Gasteiger partial charge on any atom is 0.0462 e. The Labute approximate surface area is 358 Å². The molecule has 290 valence electrons. The lowest BCUT2D eigenvalue weighted by Crippen LogP contribution is -2.15. The van der Waals surface area contributed by atoms with Crippen molar-refractivity contribution < 1.29 is 0 Å². The van der Waals surface area contributed by atoms with E-state index >= 15 is 0 Å². The Bertz CT molecular complexity index is 3280. The molecule has 0 saturated heterocycles. The number of hydrogen-bond donors (Lipinski definition) is 0. The lowest BCUT2D eigenvalue weighted by Gasteiger charge is -2.26. The number of nitrogens with zero attached hydrogens (tertiary/aromatic N) is 1. The predicted octanol–water partition coefficient (Wildman–Crippen LogP) is 16.6. The summed E-state index contributed by atoms with van der Waals surface area (Å²) in [7, 11) is 0. The van der Waals surface area contributed by atoms with Gasteiger partial charge in [-0.1, -0.05) is 185 Å². The molecule has 0 aromatic heterocycles. The Morgan fingerprint density at radius 1 is 0.295 bits per heavy atom. The molecule has 12 rings (SSSR count). The van der Waals surface area contributed by atoms with Crippen LogP contribution in [0.3, 0.4) is 0 Å². The molecule has 0 heterocycles. The van der Waals surface area contributed by atoms with Crippen LogP contribution < -0.4 is 4.90 Å². The normalized spacial score (nSPS) is 14.2. The second kappa shape index (κ2) is 13.1. The minimum atomic E-state index is -0.175. The van der Waals surface area contributed by atoms with E-state index in [-0.39, 0.29) is 10.8 Å². The smallest absolute Gasteiger partial charge is 0.0462 e. The molecule has 2 aliphatic rings. The van der Waals surface area contributed by atoms with E-state index in [1.807, 2.05) is 0 Å². The highest BCUT2D eigenvalue weighted by Crippen LogP contribution is 2.60. The molecule has 1 heteroatoms.